The van der Waals surface area contributed by atoms with E-state index >= 15 is 0 Å². The molecule has 0 aliphatic heterocycles. The van der Waals surface area contributed by atoms with Gasteiger partial charge in [0.2, 0.25) is 0 Å². The topological polar surface area (TPSA) is 111 Å². The van der Waals surface area contributed by atoms with Crippen molar-refractivity contribution in [2.45, 2.75) is 0 Å². The number of hydrogen-bond donors (Lipinski definition) is 2. The van der Waals surface area contributed by atoms with E-state index in [1.807, 2.05) is 0 Å². The number of amides is 1. The number of carboxylic acid groups (broad SMARTS) is 1. The third-order valence-electron chi connectivity index (χ3n) is 2.07. The minimum Gasteiger partial charge on any atom is -0.476 e. The van der Waals surface area contributed by atoms with Gasteiger partial charge in [0.1, 0.15) is 5.69 Å². The maximum atomic E-state index is 10.9. The lowest BCUT2D eigenvalue weighted by Gasteiger charge is -2.01. The van der Waals surface area contributed by atoms with E-state index in [0.29, 0.717) is 5.69 Å². The number of rotatable bonds is 3. The average Bonchev–Trinajstić information content (AvgIpc) is 2.78. The number of primary amides is 1. The van der Waals surface area contributed by atoms with Crippen molar-refractivity contribution < 1.29 is 14.7 Å². The van der Waals surface area contributed by atoms with E-state index in [4.69, 9.17) is 10.8 Å². The number of carbonyl (C=O) groups is 2. The number of pyridine rings is 1. The maximum absolute atomic E-state index is 10.9. The van der Waals surface area contributed by atoms with Gasteiger partial charge in [0.15, 0.2) is 5.69 Å². The number of carboxylic acids is 1. The standard InChI is InChI=1S/C10H8N4O3/c11-9(15)8-5-6(1-3-12-8)14-4-2-7(13-14)10(16)17/h1-5H,(H2,11,15)(H,16,17). The van der Waals surface area contributed by atoms with Gasteiger partial charge in [-0.3, -0.25) is 9.78 Å². The first kappa shape index (κ1) is 10.8. The molecule has 7 nitrogen and oxygen atoms in total. The first-order chi connectivity index (χ1) is 8.08. The SMILES string of the molecule is NC(=O)c1cc(-n2ccc(C(=O)O)n2)ccn1. The van der Waals surface area contributed by atoms with Crippen molar-refractivity contribution in [2.75, 3.05) is 0 Å². The fraction of sp³-hybridized carbons (Fsp3) is 0. The van der Waals surface area contributed by atoms with E-state index in [-0.39, 0.29) is 11.4 Å². The molecule has 0 aliphatic carbocycles. The molecule has 0 fully saturated rings. The third-order valence-corrected chi connectivity index (χ3v) is 2.07. The second-order valence-corrected chi connectivity index (χ2v) is 3.21. The highest BCUT2D eigenvalue weighted by atomic mass is 16.4. The van der Waals surface area contributed by atoms with Gasteiger partial charge in [-0.1, -0.05) is 0 Å². The van der Waals surface area contributed by atoms with Gasteiger partial charge in [0.05, 0.1) is 5.69 Å². The molecule has 0 saturated heterocycles. The first-order valence-corrected chi connectivity index (χ1v) is 4.63. The van der Waals surface area contributed by atoms with Gasteiger partial charge in [-0.25, -0.2) is 9.48 Å². The summed E-state index contributed by atoms with van der Waals surface area (Å²) in [4.78, 5) is 25.4. The molecule has 2 heterocycles. The largest absolute Gasteiger partial charge is 0.476 e. The van der Waals surface area contributed by atoms with Crippen molar-refractivity contribution >= 4 is 11.9 Å². The Labute approximate surface area is 95.5 Å². The molecule has 0 atom stereocenters. The van der Waals surface area contributed by atoms with Gasteiger partial charge in [-0.15, -0.1) is 0 Å². The summed E-state index contributed by atoms with van der Waals surface area (Å²) in [5.41, 5.74) is 5.62. The minimum atomic E-state index is -1.12. The smallest absolute Gasteiger partial charge is 0.356 e. The molecule has 0 aliphatic rings. The lowest BCUT2D eigenvalue weighted by atomic mass is 10.3. The maximum Gasteiger partial charge on any atom is 0.356 e. The molecule has 2 aromatic rings. The molecule has 17 heavy (non-hydrogen) atoms. The molecule has 0 radical (unpaired) electrons. The molecule has 1 amide bonds. The molecule has 0 saturated carbocycles. The zero-order valence-corrected chi connectivity index (χ0v) is 8.57. The number of aromatic carboxylic acids is 1. The van der Waals surface area contributed by atoms with Crippen LogP contribution in [0.5, 0.6) is 0 Å². The lowest BCUT2D eigenvalue weighted by Crippen LogP contribution is -2.13. The van der Waals surface area contributed by atoms with Gasteiger partial charge in [-0.05, 0) is 18.2 Å². The van der Waals surface area contributed by atoms with Crippen LogP contribution >= 0.6 is 0 Å². The lowest BCUT2D eigenvalue weighted by molar-refractivity contribution is 0.0689. The van der Waals surface area contributed by atoms with E-state index < -0.39 is 11.9 Å². The van der Waals surface area contributed by atoms with Crippen molar-refractivity contribution in [3.8, 4) is 5.69 Å². The number of aromatic nitrogens is 3. The van der Waals surface area contributed by atoms with Crippen molar-refractivity contribution in [2.24, 2.45) is 5.73 Å². The molecule has 3 N–H and O–H groups in total. The van der Waals surface area contributed by atoms with E-state index in [1.54, 1.807) is 6.07 Å². The Kier molecular flexibility index (Phi) is 2.57. The summed E-state index contributed by atoms with van der Waals surface area (Å²) < 4.78 is 1.33. The summed E-state index contributed by atoms with van der Waals surface area (Å²) >= 11 is 0. The zero-order valence-electron chi connectivity index (χ0n) is 8.57. The zero-order chi connectivity index (χ0) is 12.4. The van der Waals surface area contributed by atoms with Crippen LogP contribution in [0.25, 0.3) is 5.69 Å². The van der Waals surface area contributed by atoms with Crippen molar-refractivity contribution in [3.05, 3.63) is 42.0 Å². The third kappa shape index (κ3) is 2.12. The van der Waals surface area contributed by atoms with Crippen LogP contribution in [-0.2, 0) is 0 Å². The Hall–Kier alpha value is -2.70. The molecule has 7 heteroatoms. The summed E-state index contributed by atoms with van der Waals surface area (Å²) in [5.74, 6) is -1.77. The van der Waals surface area contributed by atoms with Gasteiger partial charge in [0, 0.05) is 12.4 Å². The van der Waals surface area contributed by atoms with E-state index in [0.717, 1.165) is 0 Å². The highest BCUT2D eigenvalue weighted by molar-refractivity contribution is 5.91. The summed E-state index contributed by atoms with van der Waals surface area (Å²) in [5, 5.41) is 12.5. The summed E-state index contributed by atoms with van der Waals surface area (Å²) in [7, 11) is 0. The molecule has 86 valence electrons. The molecule has 2 aromatic heterocycles. The molecular formula is C10H8N4O3. The summed E-state index contributed by atoms with van der Waals surface area (Å²) in [6.45, 7) is 0. The highest BCUT2D eigenvalue weighted by Gasteiger charge is 2.09. The van der Waals surface area contributed by atoms with Gasteiger partial charge in [-0.2, -0.15) is 5.10 Å². The van der Waals surface area contributed by atoms with Gasteiger partial charge < -0.3 is 10.8 Å². The van der Waals surface area contributed by atoms with E-state index in [9.17, 15) is 9.59 Å². The van der Waals surface area contributed by atoms with Crippen molar-refractivity contribution in [1.29, 1.82) is 0 Å². The van der Waals surface area contributed by atoms with Crippen molar-refractivity contribution in [3.63, 3.8) is 0 Å². The Morgan fingerprint density at radius 1 is 1.29 bits per heavy atom. The van der Waals surface area contributed by atoms with Crippen LogP contribution in [0.15, 0.2) is 30.6 Å². The van der Waals surface area contributed by atoms with Crippen LogP contribution in [0.3, 0.4) is 0 Å². The fourth-order valence-electron chi connectivity index (χ4n) is 1.28. The molecule has 0 bridgehead atoms. The van der Waals surface area contributed by atoms with Crippen LogP contribution in [0.2, 0.25) is 0 Å². The van der Waals surface area contributed by atoms with Crippen LogP contribution in [0.1, 0.15) is 21.0 Å². The summed E-state index contributed by atoms with van der Waals surface area (Å²) in [6.07, 6.45) is 2.88. The number of hydrogen-bond acceptors (Lipinski definition) is 4. The van der Waals surface area contributed by atoms with E-state index in [2.05, 4.69) is 10.1 Å². The van der Waals surface area contributed by atoms with Crippen LogP contribution in [0.4, 0.5) is 0 Å². The predicted octanol–water partition coefficient (Wildman–Crippen LogP) is 0.0644. The Morgan fingerprint density at radius 3 is 2.65 bits per heavy atom. The molecular weight excluding hydrogens is 224 g/mol. The fourth-order valence-corrected chi connectivity index (χ4v) is 1.28. The quantitative estimate of drug-likeness (QED) is 0.777. The van der Waals surface area contributed by atoms with Crippen LogP contribution < -0.4 is 5.73 Å². The van der Waals surface area contributed by atoms with Crippen molar-refractivity contribution in [1.82, 2.24) is 14.8 Å². The second-order valence-electron chi connectivity index (χ2n) is 3.21. The average molecular weight is 232 g/mol. The summed E-state index contributed by atoms with van der Waals surface area (Å²) in [6, 6.07) is 4.37. The van der Waals surface area contributed by atoms with Crippen LogP contribution in [0, 0.1) is 0 Å². The first-order valence-electron chi connectivity index (χ1n) is 4.63. The molecule has 0 unspecified atom stereocenters. The monoisotopic (exact) mass is 232 g/mol. The normalized spacial score (nSPS) is 10.1. The Morgan fingerprint density at radius 2 is 2.06 bits per heavy atom. The highest BCUT2D eigenvalue weighted by Crippen LogP contribution is 2.08. The predicted molar refractivity (Wildman–Crippen MR) is 56.8 cm³/mol. The second kappa shape index (κ2) is 4.05. The minimum absolute atomic E-state index is 0.0811. The number of nitrogens with two attached hydrogens (primary N) is 1. The van der Waals surface area contributed by atoms with E-state index in [1.165, 1.54) is 29.2 Å². The molecule has 0 spiro atoms. The Bertz CT molecular complexity index is 591. The number of nitrogens with zero attached hydrogens (tertiary/aromatic N) is 3. The van der Waals surface area contributed by atoms with Gasteiger partial charge >= 0.3 is 5.97 Å². The molecule has 2 rings (SSSR count). The number of carbonyl (C=O) groups excluding carboxylic acids is 1. The molecule has 0 aromatic carbocycles. The Balaban J connectivity index is 2.42. The van der Waals surface area contributed by atoms with Gasteiger partial charge in [0.25, 0.3) is 5.91 Å². The van der Waals surface area contributed by atoms with Crippen LogP contribution in [-0.4, -0.2) is 31.7 Å².